The van der Waals surface area contributed by atoms with Crippen molar-refractivity contribution in [1.82, 2.24) is 4.57 Å². The van der Waals surface area contributed by atoms with E-state index in [9.17, 15) is 9.59 Å². The molecule has 216 valence electrons. The predicted molar refractivity (Wildman–Crippen MR) is 170 cm³/mol. The number of carbonyl (C=O) groups is 1. The van der Waals surface area contributed by atoms with Crippen molar-refractivity contribution in [3.63, 3.8) is 0 Å². The third kappa shape index (κ3) is 5.71. The molecule has 3 aromatic carbocycles. The Balaban J connectivity index is 1.45. The first kappa shape index (κ1) is 28.5. The molecule has 1 aliphatic heterocycles. The summed E-state index contributed by atoms with van der Waals surface area (Å²) in [6.45, 7) is 6.23. The zero-order chi connectivity index (χ0) is 30.1. The third-order valence-electron chi connectivity index (χ3n) is 7.17. The number of halogens is 1. The van der Waals surface area contributed by atoms with E-state index in [1.807, 2.05) is 98.8 Å². The van der Waals surface area contributed by atoms with Crippen LogP contribution in [-0.4, -0.2) is 17.1 Å². The Morgan fingerprint density at radius 2 is 1.84 bits per heavy atom. The van der Waals surface area contributed by atoms with Crippen LogP contribution in [-0.2, 0) is 4.79 Å². The number of fused-ring (bicyclic) bond motifs is 1. The van der Waals surface area contributed by atoms with E-state index in [2.05, 4.69) is 5.32 Å². The molecule has 0 bridgehead atoms. The van der Waals surface area contributed by atoms with Crippen molar-refractivity contribution in [2.45, 2.75) is 26.8 Å². The van der Waals surface area contributed by atoms with Crippen LogP contribution in [0.1, 0.15) is 36.8 Å². The second-order valence-electron chi connectivity index (χ2n) is 10.1. The number of ether oxygens (including phenoxy) is 1. The number of allylic oxidation sites excluding steroid dienone is 1. The number of amides is 1. The molecule has 1 atom stereocenters. The Labute approximate surface area is 257 Å². The monoisotopic (exact) mass is 609 g/mol. The average molecular weight is 610 g/mol. The molecule has 7 nitrogen and oxygen atoms in total. The highest BCUT2D eigenvalue weighted by molar-refractivity contribution is 7.07. The number of aromatic nitrogens is 1. The highest BCUT2D eigenvalue weighted by Crippen LogP contribution is 2.32. The summed E-state index contributed by atoms with van der Waals surface area (Å²) in [6, 6.07) is 25.3. The summed E-state index contributed by atoms with van der Waals surface area (Å²) in [5, 5.41) is 3.59. The van der Waals surface area contributed by atoms with Gasteiger partial charge in [0.15, 0.2) is 4.80 Å². The van der Waals surface area contributed by atoms with Crippen LogP contribution in [0.15, 0.2) is 110 Å². The van der Waals surface area contributed by atoms with Crippen LogP contribution in [0.25, 0.3) is 17.4 Å². The van der Waals surface area contributed by atoms with Gasteiger partial charge < -0.3 is 14.5 Å². The molecule has 0 fully saturated rings. The van der Waals surface area contributed by atoms with E-state index in [4.69, 9.17) is 25.7 Å². The maximum absolute atomic E-state index is 14.0. The zero-order valence-electron chi connectivity index (χ0n) is 23.8. The number of carbonyl (C=O) groups excluding carboxylic acids is 1. The van der Waals surface area contributed by atoms with Crippen molar-refractivity contribution in [2.75, 3.05) is 11.9 Å². The molecule has 0 saturated carbocycles. The lowest BCUT2D eigenvalue weighted by Gasteiger charge is -2.25. The summed E-state index contributed by atoms with van der Waals surface area (Å²) in [6.07, 6.45) is 1.71. The molecule has 0 radical (unpaired) electrons. The zero-order valence-corrected chi connectivity index (χ0v) is 25.3. The molecule has 0 spiro atoms. The first-order valence-electron chi connectivity index (χ1n) is 13.8. The summed E-state index contributed by atoms with van der Waals surface area (Å²) in [5.41, 5.74) is 3.99. The molecule has 1 N–H and O–H groups in total. The van der Waals surface area contributed by atoms with E-state index in [1.165, 1.54) is 11.3 Å². The summed E-state index contributed by atoms with van der Waals surface area (Å²) in [7, 11) is 0. The molecule has 1 amide bonds. The molecular weight excluding hydrogens is 582 g/mol. The number of aryl methyl sites for hydroxylation is 1. The van der Waals surface area contributed by atoms with Gasteiger partial charge in [-0.3, -0.25) is 14.2 Å². The van der Waals surface area contributed by atoms with Crippen molar-refractivity contribution in [3.8, 4) is 17.1 Å². The van der Waals surface area contributed by atoms with E-state index in [-0.39, 0.29) is 11.5 Å². The van der Waals surface area contributed by atoms with Gasteiger partial charge in [-0.25, -0.2) is 4.99 Å². The first-order valence-corrected chi connectivity index (χ1v) is 15.0. The van der Waals surface area contributed by atoms with Gasteiger partial charge in [-0.15, -0.1) is 0 Å². The van der Waals surface area contributed by atoms with Crippen LogP contribution in [0.5, 0.6) is 5.75 Å². The van der Waals surface area contributed by atoms with Gasteiger partial charge in [0.2, 0.25) is 0 Å². The summed E-state index contributed by atoms with van der Waals surface area (Å²) < 4.78 is 13.8. The van der Waals surface area contributed by atoms with E-state index in [0.717, 1.165) is 16.7 Å². The van der Waals surface area contributed by atoms with Gasteiger partial charge in [0, 0.05) is 22.3 Å². The Morgan fingerprint density at radius 3 is 2.58 bits per heavy atom. The van der Waals surface area contributed by atoms with Gasteiger partial charge in [0.05, 0.1) is 28.5 Å². The normalized spacial score (nSPS) is 14.8. The molecule has 2 aromatic heterocycles. The molecule has 3 heterocycles. The first-order chi connectivity index (χ1) is 20.8. The van der Waals surface area contributed by atoms with Crippen molar-refractivity contribution >= 4 is 40.6 Å². The highest BCUT2D eigenvalue weighted by atomic mass is 35.5. The second-order valence-corrected chi connectivity index (χ2v) is 11.5. The van der Waals surface area contributed by atoms with Gasteiger partial charge in [-0.2, -0.15) is 0 Å². The Kier molecular flexibility index (Phi) is 7.88. The SMILES string of the molecule is CCOc1ccc([C@@H]2C(C(=O)Nc3ccccc3)=C(C)N=c3s/c(=C\c4ccc(-c5cc(Cl)ccc5C)o4)c(=O)n32)cc1. The van der Waals surface area contributed by atoms with Crippen molar-refractivity contribution in [1.29, 1.82) is 0 Å². The number of rotatable bonds is 7. The number of thiazole rings is 1. The quantitative estimate of drug-likeness (QED) is 0.228. The minimum Gasteiger partial charge on any atom is -0.494 e. The van der Waals surface area contributed by atoms with Crippen LogP contribution in [0.3, 0.4) is 0 Å². The Hall–Kier alpha value is -4.66. The summed E-state index contributed by atoms with van der Waals surface area (Å²) in [4.78, 5) is 33.0. The number of furan rings is 1. The Bertz CT molecular complexity index is 2040. The fourth-order valence-corrected chi connectivity index (χ4v) is 6.32. The number of anilines is 1. The van der Waals surface area contributed by atoms with E-state index in [1.54, 1.807) is 17.6 Å². The lowest BCUT2D eigenvalue weighted by Crippen LogP contribution is -2.40. The number of nitrogens with one attached hydrogen (secondary N) is 1. The predicted octanol–water partition coefficient (Wildman–Crippen LogP) is 6.49. The summed E-state index contributed by atoms with van der Waals surface area (Å²) >= 11 is 7.48. The van der Waals surface area contributed by atoms with Crippen LogP contribution >= 0.6 is 22.9 Å². The molecule has 0 aliphatic carbocycles. The standard InChI is InChI=1S/C34H28ClN3O4S/c1-4-41-25-14-11-22(12-15-25)31-30(32(39)37-24-8-6-5-7-9-24)21(3)36-34-38(31)33(40)29(43-34)19-26-16-17-28(42-26)27-18-23(35)13-10-20(27)2/h5-19,31H,4H2,1-3H3,(H,37,39)/b29-19-/t31-/m1/s1. The van der Waals surface area contributed by atoms with Gasteiger partial charge in [0.1, 0.15) is 17.3 Å². The number of hydrogen-bond acceptors (Lipinski definition) is 6. The minimum absolute atomic E-state index is 0.267. The molecule has 9 heteroatoms. The topological polar surface area (TPSA) is 85.8 Å². The fraction of sp³-hybridized carbons (Fsp3) is 0.147. The van der Waals surface area contributed by atoms with Crippen LogP contribution in [0, 0.1) is 6.92 Å². The summed E-state index contributed by atoms with van der Waals surface area (Å²) in [5.74, 6) is 1.56. The van der Waals surface area contributed by atoms with Gasteiger partial charge in [-0.1, -0.05) is 59.3 Å². The lowest BCUT2D eigenvalue weighted by atomic mass is 9.95. The highest BCUT2D eigenvalue weighted by Gasteiger charge is 2.32. The fourth-order valence-electron chi connectivity index (χ4n) is 5.12. The molecule has 6 rings (SSSR count). The van der Waals surface area contributed by atoms with Gasteiger partial charge in [0.25, 0.3) is 11.5 Å². The molecule has 0 unspecified atom stereocenters. The van der Waals surface area contributed by atoms with E-state index < -0.39 is 6.04 Å². The van der Waals surface area contributed by atoms with Gasteiger partial charge >= 0.3 is 0 Å². The Morgan fingerprint density at radius 1 is 1.07 bits per heavy atom. The van der Waals surface area contributed by atoms with Crippen LogP contribution < -0.4 is 24.9 Å². The van der Waals surface area contributed by atoms with E-state index in [0.29, 0.717) is 55.2 Å². The second kappa shape index (κ2) is 11.9. The van der Waals surface area contributed by atoms with Crippen LogP contribution in [0.2, 0.25) is 5.02 Å². The smallest absolute Gasteiger partial charge is 0.271 e. The minimum atomic E-state index is -0.695. The van der Waals surface area contributed by atoms with Crippen molar-refractivity contribution in [3.05, 3.63) is 138 Å². The maximum Gasteiger partial charge on any atom is 0.271 e. The molecule has 5 aromatic rings. The molecule has 1 aliphatic rings. The van der Waals surface area contributed by atoms with Crippen molar-refractivity contribution < 1.29 is 13.9 Å². The van der Waals surface area contributed by atoms with E-state index >= 15 is 0 Å². The molecule has 0 saturated heterocycles. The number of benzene rings is 3. The number of hydrogen-bond donors (Lipinski definition) is 1. The van der Waals surface area contributed by atoms with Crippen molar-refractivity contribution in [2.24, 2.45) is 4.99 Å². The molecule has 43 heavy (non-hydrogen) atoms. The lowest BCUT2D eigenvalue weighted by molar-refractivity contribution is -0.113. The van der Waals surface area contributed by atoms with Crippen LogP contribution in [0.4, 0.5) is 5.69 Å². The largest absolute Gasteiger partial charge is 0.494 e. The number of para-hydroxylation sites is 1. The number of nitrogens with zero attached hydrogens (tertiary/aromatic N) is 2. The van der Waals surface area contributed by atoms with Gasteiger partial charge in [-0.05, 0) is 80.4 Å². The maximum atomic E-state index is 14.0. The average Bonchev–Trinajstić information content (AvgIpc) is 3.58. The molecular formula is C34H28ClN3O4S. The third-order valence-corrected chi connectivity index (χ3v) is 8.39.